The van der Waals surface area contributed by atoms with Gasteiger partial charge in [0.05, 0.1) is 9.34 Å². The first kappa shape index (κ1) is 12.1. The normalized spacial score (nSPS) is 10.2. The van der Waals surface area contributed by atoms with E-state index in [1.54, 1.807) is 24.3 Å². The van der Waals surface area contributed by atoms with Crippen molar-refractivity contribution in [3.8, 4) is 0 Å². The van der Waals surface area contributed by atoms with Crippen LogP contribution in [-0.4, -0.2) is 5.91 Å². The first-order chi connectivity index (χ1) is 8.19. The molecule has 0 aliphatic carbocycles. The molecule has 1 aromatic carbocycles. The summed E-state index contributed by atoms with van der Waals surface area (Å²) in [5.74, 6) is -0.154. The predicted molar refractivity (Wildman–Crippen MR) is 71.6 cm³/mol. The minimum atomic E-state index is -0.154. The molecule has 0 saturated heterocycles. The average molecular weight is 267 g/mol. The third-order valence-electron chi connectivity index (χ3n) is 2.23. The van der Waals surface area contributed by atoms with Gasteiger partial charge in [-0.2, -0.15) is 0 Å². The van der Waals surface area contributed by atoms with E-state index in [0.29, 0.717) is 16.4 Å². The van der Waals surface area contributed by atoms with Gasteiger partial charge in [0.1, 0.15) is 0 Å². The van der Waals surface area contributed by atoms with E-state index in [-0.39, 0.29) is 5.91 Å². The maximum atomic E-state index is 11.9. The number of benzene rings is 1. The van der Waals surface area contributed by atoms with Crippen molar-refractivity contribution in [1.82, 2.24) is 0 Å². The van der Waals surface area contributed by atoms with Crippen LogP contribution < -0.4 is 11.1 Å². The molecule has 0 aliphatic rings. The lowest BCUT2D eigenvalue weighted by atomic mass is 10.1. The molecule has 0 radical (unpaired) electrons. The molecule has 3 N–H and O–H groups in total. The summed E-state index contributed by atoms with van der Waals surface area (Å²) in [5, 5.41) is 3.52. The van der Waals surface area contributed by atoms with Crippen LogP contribution in [0.1, 0.15) is 15.9 Å². The smallest absolute Gasteiger partial charge is 0.256 e. The van der Waals surface area contributed by atoms with Gasteiger partial charge < -0.3 is 11.1 Å². The van der Waals surface area contributed by atoms with Crippen molar-refractivity contribution < 1.29 is 4.79 Å². The molecule has 17 heavy (non-hydrogen) atoms. The molecule has 0 aliphatic heterocycles. The summed E-state index contributed by atoms with van der Waals surface area (Å²) in [7, 11) is 0. The molecule has 88 valence electrons. The Kier molecular flexibility index (Phi) is 3.78. The summed E-state index contributed by atoms with van der Waals surface area (Å²) in [5.41, 5.74) is 7.05. The Balaban J connectivity index is 2.14. The van der Waals surface area contributed by atoms with Crippen LogP contribution in [0.25, 0.3) is 0 Å². The molecule has 3 nitrogen and oxygen atoms in total. The summed E-state index contributed by atoms with van der Waals surface area (Å²) in [4.78, 5) is 11.9. The van der Waals surface area contributed by atoms with Crippen molar-refractivity contribution in [2.45, 2.75) is 6.54 Å². The average Bonchev–Trinajstić information content (AvgIpc) is 2.75. The molecule has 0 atom stereocenters. The molecule has 2 rings (SSSR count). The number of halogens is 1. The molecule has 0 fully saturated rings. The Morgan fingerprint density at radius 3 is 2.82 bits per heavy atom. The fraction of sp³-hybridized carbons (Fsp3) is 0.0833. The van der Waals surface area contributed by atoms with Gasteiger partial charge in [-0.1, -0.05) is 23.7 Å². The molecule has 0 saturated carbocycles. The highest BCUT2D eigenvalue weighted by atomic mass is 35.5. The van der Waals surface area contributed by atoms with E-state index in [9.17, 15) is 4.79 Å². The van der Waals surface area contributed by atoms with Crippen molar-refractivity contribution in [3.63, 3.8) is 0 Å². The van der Waals surface area contributed by atoms with Gasteiger partial charge in [0.2, 0.25) is 0 Å². The summed E-state index contributed by atoms with van der Waals surface area (Å²) in [6.07, 6.45) is 0. The Morgan fingerprint density at radius 1 is 1.35 bits per heavy atom. The zero-order valence-corrected chi connectivity index (χ0v) is 10.5. The lowest BCUT2D eigenvalue weighted by Gasteiger charge is -2.04. The highest BCUT2D eigenvalue weighted by Gasteiger charge is 2.07. The lowest BCUT2D eigenvalue weighted by molar-refractivity contribution is 0.102. The van der Waals surface area contributed by atoms with Gasteiger partial charge in [0.25, 0.3) is 5.91 Å². The number of nitrogens with one attached hydrogen (secondary N) is 1. The van der Waals surface area contributed by atoms with Crippen molar-refractivity contribution in [1.29, 1.82) is 0 Å². The zero-order valence-electron chi connectivity index (χ0n) is 8.94. The van der Waals surface area contributed by atoms with E-state index in [4.69, 9.17) is 17.3 Å². The maximum Gasteiger partial charge on any atom is 0.256 e. The topological polar surface area (TPSA) is 55.1 Å². The Labute approximate surface area is 108 Å². The van der Waals surface area contributed by atoms with Crippen LogP contribution in [0.3, 0.4) is 0 Å². The SMILES string of the molecule is NCc1cccc(C(=O)Nc2ccc(Cl)s2)c1. The minimum absolute atomic E-state index is 0.154. The maximum absolute atomic E-state index is 11.9. The van der Waals surface area contributed by atoms with E-state index in [0.717, 1.165) is 10.6 Å². The second-order valence-corrected chi connectivity index (χ2v) is 5.18. The number of thiophene rings is 1. The van der Waals surface area contributed by atoms with E-state index in [1.165, 1.54) is 11.3 Å². The first-order valence-electron chi connectivity index (χ1n) is 5.05. The van der Waals surface area contributed by atoms with E-state index < -0.39 is 0 Å². The standard InChI is InChI=1S/C12H11ClN2OS/c13-10-4-5-11(17-10)15-12(16)9-3-1-2-8(6-9)7-14/h1-6H,7,14H2,(H,15,16). The van der Waals surface area contributed by atoms with Gasteiger partial charge in [0.15, 0.2) is 0 Å². The van der Waals surface area contributed by atoms with Gasteiger partial charge >= 0.3 is 0 Å². The second kappa shape index (κ2) is 5.31. The fourth-order valence-electron chi connectivity index (χ4n) is 1.41. The molecule has 1 heterocycles. The third kappa shape index (κ3) is 3.06. The molecule has 5 heteroatoms. The molecular weight excluding hydrogens is 256 g/mol. The van der Waals surface area contributed by atoms with Crippen LogP contribution in [0, 0.1) is 0 Å². The van der Waals surface area contributed by atoms with Gasteiger partial charge in [0, 0.05) is 12.1 Å². The number of nitrogens with two attached hydrogens (primary N) is 1. The quantitative estimate of drug-likeness (QED) is 0.897. The largest absolute Gasteiger partial charge is 0.326 e. The number of anilines is 1. The molecule has 0 bridgehead atoms. The monoisotopic (exact) mass is 266 g/mol. The van der Waals surface area contributed by atoms with Crippen LogP contribution in [0.5, 0.6) is 0 Å². The summed E-state index contributed by atoms with van der Waals surface area (Å²) in [6, 6.07) is 10.8. The van der Waals surface area contributed by atoms with Gasteiger partial charge in [-0.15, -0.1) is 11.3 Å². The van der Waals surface area contributed by atoms with Crippen LogP contribution in [-0.2, 0) is 6.54 Å². The minimum Gasteiger partial charge on any atom is -0.326 e. The van der Waals surface area contributed by atoms with E-state index in [2.05, 4.69) is 5.32 Å². The number of carbonyl (C=O) groups is 1. The number of carbonyl (C=O) groups excluding carboxylic acids is 1. The molecular formula is C12H11ClN2OS. The van der Waals surface area contributed by atoms with Crippen molar-refractivity contribution in [3.05, 3.63) is 51.9 Å². The molecule has 0 unspecified atom stereocenters. The molecule has 1 amide bonds. The summed E-state index contributed by atoms with van der Waals surface area (Å²) >= 11 is 7.12. The number of amides is 1. The summed E-state index contributed by atoms with van der Waals surface area (Å²) < 4.78 is 0.649. The van der Waals surface area contributed by atoms with Crippen LogP contribution in [0.15, 0.2) is 36.4 Å². The predicted octanol–water partition coefficient (Wildman–Crippen LogP) is 3.11. The van der Waals surface area contributed by atoms with Crippen molar-refractivity contribution in [2.24, 2.45) is 5.73 Å². The third-order valence-corrected chi connectivity index (χ3v) is 3.38. The first-order valence-corrected chi connectivity index (χ1v) is 6.24. The van der Waals surface area contributed by atoms with Gasteiger partial charge in [-0.3, -0.25) is 4.79 Å². The van der Waals surface area contributed by atoms with E-state index in [1.807, 2.05) is 12.1 Å². The van der Waals surface area contributed by atoms with Crippen molar-refractivity contribution in [2.75, 3.05) is 5.32 Å². The van der Waals surface area contributed by atoms with Crippen LogP contribution in [0.4, 0.5) is 5.00 Å². The van der Waals surface area contributed by atoms with Gasteiger partial charge in [-0.05, 0) is 29.8 Å². The van der Waals surface area contributed by atoms with Crippen LogP contribution in [0.2, 0.25) is 4.34 Å². The van der Waals surface area contributed by atoms with Gasteiger partial charge in [-0.25, -0.2) is 0 Å². The Hall–Kier alpha value is -1.36. The highest BCUT2D eigenvalue weighted by molar-refractivity contribution is 7.20. The molecule has 2 aromatic rings. The Bertz CT molecular complexity index is 539. The number of rotatable bonds is 3. The molecule has 0 spiro atoms. The lowest BCUT2D eigenvalue weighted by Crippen LogP contribution is -2.11. The van der Waals surface area contributed by atoms with Crippen LogP contribution >= 0.6 is 22.9 Å². The van der Waals surface area contributed by atoms with Crippen molar-refractivity contribution >= 4 is 33.8 Å². The highest BCUT2D eigenvalue weighted by Crippen LogP contribution is 2.26. The molecule has 1 aromatic heterocycles. The summed E-state index contributed by atoms with van der Waals surface area (Å²) in [6.45, 7) is 0.423. The Morgan fingerprint density at radius 2 is 2.18 bits per heavy atom. The number of hydrogen-bond donors (Lipinski definition) is 2. The second-order valence-electron chi connectivity index (χ2n) is 3.46. The fourth-order valence-corrected chi connectivity index (χ4v) is 2.34. The zero-order chi connectivity index (χ0) is 12.3. The number of hydrogen-bond acceptors (Lipinski definition) is 3. The van der Waals surface area contributed by atoms with E-state index >= 15 is 0 Å².